The third-order valence-corrected chi connectivity index (χ3v) is 4.75. The van der Waals surface area contributed by atoms with Gasteiger partial charge in [-0.3, -0.25) is 0 Å². The zero-order valence-electron chi connectivity index (χ0n) is 13.6. The van der Waals surface area contributed by atoms with Crippen LogP contribution in [0.2, 0.25) is 0 Å². The molecular formula is C18H30N2. The van der Waals surface area contributed by atoms with Gasteiger partial charge in [-0.05, 0) is 49.1 Å². The zero-order valence-corrected chi connectivity index (χ0v) is 13.6. The van der Waals surface area contributed by atoms with E-state index in [2.05, 4.69) is 50.8 Å². The molecule has 2 heteroatoms. The SMILES string of the molecule is Cc1ccc(N2CCCC(C(C)(C)C)CC2)c(CN)c1. The molecule has 112 valence electrons. The number of hydrogen-bond donors (Lipinski definition) is 1. The van der Waals surface area contributed by atoms with Crippen LogP contribution in [-0.2, 0) is 6.54 Å². The molecule has 1 heterocycles. The summed E-state index contributed by atoms with van der Waals surface area (Å²) in [6.45, 7) is 12.2. The lowest BCUT2D eigenvalue weighted by molar-refractivity contribution is 0.220. The van der Waals surface area contributed by atoms with E-state index in [0.29, 0.717) is 12.0 Å². The van der Waals surface area contributed by atoms with Crippen LogP contribution in [0, 0.1) is 18.3 Å². The molecule has 0 spiro atoms. The highest BCUT2D eigenvalue weighted by Gasteiger charge is 2.27. The Morgan fingerprint density at radius 1 is 1.20 bits per heavy atom. The fraction of sp³-hybridized carbons (Fsp3) is 0.667. The number of aryl methyl sites for hydroxylation is 1. The van der Waals surface area contributed by atoms with Crippen molar-refractivity contribution in [3.8, 4) is 0 Å². The van der Waals surface area contributed by atoms with Gasteiger partial charge in [0.25, 0.3) is 0 Å². The molecule has 2 rings (SSSR count). The summed E-state index contributed by atoms with van der Waals surface area (Å²) in [4.78, 5) is 2.55. The largest absolute Gasteiger partial charge is 0.371 e. The highest BCUT2D eigenvalue weighted by Crippen LogP contribution is 2.35. The van der Waals surface area contributed by atoms with Gasteiger partial charge in [0.05, 0.1) is 0 Å². The van der Waals surface area contributed by atoms with Gasteiger partial charge >= 0.3 is 0 Å². The first kappa shape index (κ1) is 15.4. The van der Waals surface area contributed by atoms with Gasteiger partial charge in [-0.2, -0.15) is 0 Å². The summed E-state index contributed by atoms with van der Waals surface area (Å²) in [5.74, 6) is 0.833. The smallest absolute Gasteiger partial charge is 0.0411 e. The Hall–Kier alpha value is -1.02. The molecule has 2 N–H and O–H groups in total. The number of nitrogens with zero attached hydrogens (tertiary/aromatic N) is 1. The minimum absolute atomic E-state index is 0.431. The van der Waals surface area contributed by atoms with E-state index >= 15 is 0 Å². The van der Waals surface area contributed by atoms with Crippen LogP contribution in [0.1, 0.15) is 51.2 Å². The van der Waals surface area contributed by atoms with Crippen LogP contribution in [0.25, 0.3) is 0 Å². The number of rotatable bonds is 2. The van der Waals surface area contributed by atoms with Crippen molar-refractivity contribution in [1.82, 2.24) is 0 Å². The van der Waals surface area contributed by atoms with Crippen molar-refractivity contribution in [2.45, 2.75) is 53.5 Å². The third-order valence-electron chi connectivity index (χ3n) is 4.75. The van der Waals surface area contributed by atoms with Crippen molar-refractivity contribution < 1.29 is 0 Å². The van der Waals surface area contributed by atoms with Crippen molar-refractivity contribution in [3.63, 3.8) is 0 Å². The molecule has 1 aromatic carbocycles. The zero-order chi connectivity index (χ0) is 14.8. The van der Waals surface area contributed by atoms with Crippen molar-refractivity contribution in [2.24, 2.45) is 17.1 Å². The summed E-state index contributed by atoms with van der Waals surface area (Å²) in [7, 11) is 0. The van der Waals surface area contributed by atoms with E-state index in [-0.39, 0.29) is 0 Å². The Morgan fingerprint density at radius 2 is 1.95 bits per heavy atom. The molecule has 0 bridgehead atoms. The maximum absolute atomic E-state index is 5.94. The molecule has 0 saturated carbocycles. The van der Waals surface area contributed by atoms with Crippen LogP contribution in [0.5, 0.6) is 0 Å². The van der Waals surface area contributed by atoms with E-state index in [1.165, 1.54) is 42.6 Å². The molecule has 1 saturated heterocycles. The lowest BCUT2D eigenvalue weighted by atomic mass is 9.77. The minimum atomic E-state index is 0.431. The molecule has 1 fully saturated rings. The van der Waals surface area contributed by atoms with Gasteiger partial charge in [0, 0.05) is 25.3 Å². The summed E-state index contributed by atoms with van der Waals surface area (Å²) in [6, 6.07) is 6.71. The quantitative estimate of drug-likeness (QED) is 0.879. The van der Waals surface area contributed by atoms with Crippen LogP contribution < -0.4 is 10.6 Å². The molecule has 1 aliphatic heterocycles. The first-order valence-corrected chi connectivity index (χ1v) is 7.96. The highest BCUT2D eigenvalue weighted by molar-refractivity contribution is 5.55. The van der Waals surface area contributed by atoms with Crippen LogP contribution in [0.4, 0.5) is 5.69 Å². The molecule has 1 aromatic rings. The van der Waals surface area contributed by atoms with Crippen molar-refractivity contribution in [2.75, 3.05) is 18.0 Å². The van der Waals surface area contributed by atoms with Gasteiger partial charge in [-0.1, -0.05) is 38.5 Å². The first-order chi connectivity index (χ1) is 9.41. The standard InChI is InChI=1S/C18H30N2/c1-14-7-8-17(15(12-14)13-19)20-10-5-6-16(9-11-20)18(2,3)4/h7-8,12,16H,5-6,9-11,13,19H2,1-4H3. The summed E-state index contributed by atoms with van der Waals surface area (Å²) in [6.07, 6.45) is 3.94. The molecule has 20 heavy (non-hydrogen) atoms. The lowest BCUT2D eigenvalue weighted by Crippen LogP contribution is -2.27. The maximum atomic E-state index is 5.94. The molecule has 0 aromatic heterocycles. The van der Waals surface area contributed by atoms with E-state index < -0.39 is 0 Å². The second kappa shape index (κ2) is 6.17. The molecule has 1 aliphatic rings. The predicted octanol–water partition coefficient (Wildman–Crippen LogP) is 4.11. The molecule has 2 nitrogen and oxygen atoms in total. The minimum Gasteiger partial charge on any atom is -0.371 e. The monoisotopic (exact) mass is 274 g/mol. The van der Waals surface area contributed by atoms with Gasteiger partial charge in [0.1, 0.15) is 0 Å². The topological polar surface area (TPSA) is 29.3 Å². The van der Waals surface area contributed by atoms with Crippen molar-refractivity contribution in [1.29, 1.82) is 0 Å². The van der Waals surface area contributed by atoms with E-state index in [9.17, 15) is 0 Å². The molecule has 1 unspecified atom stereocenters. The third kappa shape index (κ3) is 3.54. The molecule has 0 amide bonds. The van der Waals surface area contributed by atoms with Crippen LogP contribution in [-0.4, -0.2) is 13.1 Å². The number of anilines is 1. The lowest BCUT2D eigenvalue weighted by Gasteiger charge is -2.30. The molecule has 0 radical (unpaired) electrons. The molecule has 0 aliphatic carbocycles. The van der Waals surface area contributed by atoms with Crippen molar-refractivity contribution in [3.05, 3.63) is 29.3 Å². The van der Waals surface area contributed by atoms with Crippen LogP contribution >= 0.6 is 0 Å². The number of benzene rings is 1. The second-order valence-corrected chi connectivity index (χ2v) is 7.32. The van der Waals surface area contributed by atoms with Gasteiger partial charge in [-0.15, -0.1) is 0 Å². The second-order valence-electron chi connectivity index (χ2n) is 7.32. The molecule has 1 atom stereocenters. The van der Waals surface area contributed by atoms with Crippen LogP contribution in [0.3, 0.4) is 0 Å². The summed E-state index contributed by atoms with van der Waals surface area (Å²) >= 11 is 0. The fourth-order valence-corrected chi connectivity index (χ4v) is 3.39. The average Bonchev–Trinajstić information content (AvgIpc) is 2.63. The molecular weight excluding hydrogens is 244 g/mol. The first-order valence-electron chi connectivity index (χ1n) is 7.96. The predicted molar refractivity (Wildman–Crippen MR) is 88.1 cm³/mol. The Labute approximate surface area is 124 Å². The maximum Gasteiger partial charge on any atom is 0.0411 e. The van der Waals surface area contributed by atoms with Gasteiger partial charge in [0.15, 0.2) is 0 Å². The fourth-order valence-electron chi connectivity index (χ4n) is 3.39. The van der Waals surface area contributed by atoms with Gasteiger partial charge in [-0.25, -0.2) is 0 Å². The van der Waals surface area contributed by atoms with E-state index in [4.69, 9.17) is 5.73 Å². The van der Waals surface area contributed by atoms with Gasteiger partial charge < -0.3 is 10.6 Å². The van der Waals surface area contributed by atoms with E-state index in [1.807, 2.05) is 0 Å². The van der Waals surface area contributed by atoms with E-state index in [1.54, 1.807) is 0 Å². The Morgan fingerprint density at radius 3 is 2.60 bits per heavy atom. The van der Waals surface area contributed by atoms with Crippen molar-refractivity contribution >= 4 is 5.69 Å². The van der Waals surface area contributed by atoms with Crippen LogP contribution in [0.15, 0.2) is 18.2 Å². The van der Waals surface area contributed by atoms with Gasteiger partial charge in [0.2, 0.25) is 0 Å². The highest BCUT2D eigenvalue weighted by atomic mass is 15.1. The summed E-state index contributed by atoms with van der Waals surface area (Å²) in [5.41, 5.74) is 10.3. The normalized spacial score (nSPS) is 20.9. The summed E-state index contributed by atoms with van der Waals surface area (Å²) in [5, 5.41) is 0. The number of nitrogens with two attached hydrogens (primary N) is 1. The average molecular weight is 274 g/mol. The Kier molecular flexibility index (Phi) is 4.74. The Bertz CT molecular complexity index is 445. The Balaban J connectivity index is 2.15. The summed E-state index contributed by atoms with van der Waals surface area (Å²) < 4.78 is 0. The number of hydrogen-bond acceptors (Lipinski definition) is 2. The van der Waals surface area contributed by atoms with E-state index in [0.717, 1.165) is 12.5 Å².